The number of hydrogen-bond donors (Lipinski definition) is 0. The van der Waals surface area contributed by atoms with E-state index in [1.165, 1.54) is 10.5 Å². The quantitative estimate of drug-likeness (QED) is 0.828. The van der Waals surface area contributed by atoms with Crippen LogP contribution in [0.5, 0.6) is 5.75 Å². The minimum absolute atomic E-state index is 0.835. The molecule has 2 nitrogen and oxygen atoms in total. The second-order valence-corrected chi connectivity index (χ2v) is 9.41. The third-order valence-corrected chi connectivity index (χ3v) is 4.93. The molecule has 0 unspecified atom stereocenters. The number of rotatable bonds is 3. The Balaban J connectivity index is 2.72. The minimum Gasteiger partial charge on any atom is -0.496 e. The molecule has 0 radical (unpaired) electrons. The fourth-order valence-corrected chi connectivity index (χ4v) is 3.81. The van der Waals surface area contributed by atoms with Crippen molar-refractivity contribution in [3.63, 3.8) is 0 Å². The molecule has 0 bridgehead atoms. The summed E-state index contributed by atoms with van der Waals surface area (Å²) < 4.78 is 11.1. The van der Waals surface area contributed by atoms with Crippen LogP contribution >= 0.6 is 10.0 Å². The Labute approximate surface area is 117 Å². The highest BCUT2D eigenvalue weighted by atomic mass is 32.3. The molecule has 0 saturated heterocycles. The van der Waals surface area contributed by atoms with E-state index in [2.05, 4.69) is 37.0 Å². The van der Waals surface area contributed by atoms with Gasteiger partial charge in [0.2, 0.25) is 0 Å². The fourth-order valence-electron chi connectivity index (χ4n) is 2.40. The lowest BCUT2D eigenvalue weighted by atomic mass is 10.0. The van der Waals surface area contributed by atoms with E-state index in [0.29, 0.717) is 0 Å². The second kappa shape index (κ2) is 5.33. The lowest BCUT2D eigenvalue weighted by Gasteiger charge is -2.31. The van der Waals surface area contributed by atoms with Crippen LogP contribution in [0.15, 0.2) is 30.4 Å². The zero-order chi connectivity index (χ0) is 14.0. The van der Waals surface area contributed by atoms with Crippen LogP contribution in [-0.2, 0) is 4.74 Å². The standard InChI is InChI=1S/C16H22O2S/c1-17-13-9-7-11-15(19(3,4)5)16-12(13)8-6-10-14(16)18-2/h6,8-11H,7H2,1-5H3. The Morgan fingerprint density at radius 3 is 2.32 bits per heavy atom. The highest BCUT2D eigenvalue weighted by Gasteiger charge is 2.24. The van der Waals surface area contributed by atoms with Crippen LogP contribution < -0.4 is 4.74 Å². The monoisotopic (exact) mass is 278 g/mol. The van der Waals surface area contributed by atoms with Crippen LogP contribution in [-0.4, -0.2) is 33.0 Å². The molecule has 0 amide bonds. The maximum atomic E-state index is 5.58. The highest BCUT2D eigenvalue weighted by molar-refractivity contribution is 8.39. The van der Waals surface area contributed by atoms with Crippen molar-refractivity contribution in [2.75, 3.05) is 33.0 Å². The van der Waals surface area contributed by atoms with E-state index in [-0.39, 0.29) is 0 Å². The van der Waals surface area contributed by atoms with E-state index in [0.717, 1.165) is 23.5 Å². The predicted molar refractivity (Wildman–Crippen MR) is 85.9 cm³/mol. The van der Waals surface area contributed by atoms with Crippen molar-refractivity contribution in [2.24, 2.45) is 0 Å². The maximum Gasteiger partial charge on any atom is 0.127 e. The van der Waals surface area contributed by atoms with Gasteiger partial charge in [-0.3, -0.25) is 0 Å². The average molecular weight is 278 g/mol. The van der Waals surface area contributed by atoms with E-state index < -0.39 is 10.0 Å². The third kappa shape index (κ3) is 2.66. The molecule has 0 spiro atoms. The molecule has 0 atom stereocenters. The molecule has 2 rings (SSSR count). The first-order chi connectivity index (χ1) is 8.99. The van der Waals surface area contributed by atoms with E-state index >= 15 is 0 Å². The van der Waals surface area contributed by atoms with Crippen molar-refractivity contribution in [1.29, 1.82) is 0 Å². The first kappa shape index (κ1) is 14.1. The van der Waals surface area contributed by atoms with Crippen molar-refractivity contribution in [2.45, 2.75) is 6.42 Å². The van der Waals surface area contributed by atoms with Crippen molar-refractivity contribution in [3.8, 4) is 5.75 Å². The predicted octanol–water partition coefficient (Wildman–Crippen LogP) is 4.12. The van der Waals surface area contributed by atoms with Gasteiger partial charge >= 0.3 is 0 Å². The molecule has 0 fully saturated rings. The van der Waals surface area contributed by atoms with E-state index in [1.807, 2.05) is 12.1 Å². The van der Waals surface area contributed by atoms with Gasteiger partial charge in [0.15, 0.2) is 0 Å². The Kier molecular flexibility index (Phi) is 3.95. The van der Waals surface area contributed by atoms with E-state index in [1.54, 1.807) is 14.2 Å². The fraction of sp³-hybridized carbons (Fsp3) is 0.375. The summed E-state index contributed by atoms with van der Waals surface area (Å²) in [6.45, 7) is 0. The molecule has 0 N–H and O–H groups in total. The highest BCUT2D eigenvalue weighted by Crippen LogP contribution is 2.55. The molecule has 0 aromatic heterocycles. The number of hydrogen-bond acceptors (Lipinski definition) is 2. The summed E-state index contributed by atoms with van der Waals surface area (Å²) in [4.78, 5) is 1.39. The number of methoxy groups -OCH3 is 2. The molecular weight excluding hydrogens is 256 g/mol. The Morgan fingerprint density at radius 2 is 1.74 bits per heavy atom. The van der Waals surface area contributed by atoms with E-state index in [4.69, 9.17) is 9.47 Å². The summed E-state index contributed by atoms with van der Waals surface area (Å²) in [5.41, 5.74) is 2.33. The van der Waals surface area contributed by atoms with Gasteiger partial charge in [0.1, 0.15) is 11.5 Å². The molecule has 1 aromatic carbocycles. The minimum atomic E-state index is -0.835. The molecule has 1 aromatic rings. The Hall–Kier alpha value is -1.35. The molecule has 3 heteroatoms. The first-order valence-electron chi connectivity index (χ1n) is 6.29. The van der Waals surface area contributed by atoms with Crippen molar-refractivity contribution >= 4 is 20.7 Å². The van der Waals surface area contributed by atoms with Gasteiger partial charge in [0, 0.05) is 11.1 Å². The summed E-state index contributed by atoms with van der Waals surface area (Å²) in [5.74, 6) is 1.86. The Bertz CT molecular complexity index is 536. The molecule has 19 heavy (non-hydrogen) atoms. The zero-order valence-corrected chi connectivity index (χ0v) is 13.1. The SMILES string of the molecule is COC1=CCC=C(S(C)(C)C)c2c(OC)cccc21. The summed E-state index contributed by atoms with van der Waals surface area (Å²) in [5, 5.41) is 0. The summed E-state index contributed by atoms with van der Waals surface area (Å²) in [6, 6.07) is 6.15. The first-order valence-corrected chi connectivity index (χ1v) is 9.15. The van der Waals surface area contributed by atoms with Crippen LogP contribution in [0.3, 0.4) is 0 Å². The normalized spacial score (nSPS) is 15.8. The zero-order valence-electron chi connectivity index (χ0n) is 12.3. The molecule has 1 aliphatic rings. The summed E-state index contributed by atoms with van der Waals surface area (Å²) >= 11 is 0. The molecule has 0 saturated carbocycles. The van der Waals surface area contributed by atoms with Gasteiger partial charge in [-0.2, -0.15) is 0 Å². The lowest BCUT2D eigenvalue weighted by molar-refractivity contribution is 0.368. The molecule has 0 heterocycles. The van der Waals surface area contributed by atoms with Gasteiger partial charge in [-0.15, -0.1) is 0 Å². The van der Waals surface area contributed by atoms with Crippen molar-refractivity contribution in [3.05, 3.63) is 41.5 Å². The van der Waals surface area contributed by atoms with Gasteiger partial charge in [-0.05, 0) is 42.2 Å². The largest absolute Gasteiger partial charge is 0.496 e. The number of ether oxygens (including phenoxy) is 2. The number of fused-ring (bicyclic) bond motifs is 1. The van der Waals surface area contributed by atoms with Crippen molar-refractivity contribution < 1.29 is 9.47 Å². The lowest BCUT2D eigenvalue weighted by Crippen LogP contribution is -2.02. The van der Waals surface area contributed by atoms with Gasteiger partial charge in [-0.25, -0.2) is 10.0 Å². The van der Waals surface area contributed by atoms with Crippen LogP contribution in [0.1, 0.15) is 17.5 Å². The third-order valence-electron chi connectivity index (χ3n) is 3.24. The topological polar surface area (TPSA) is 18.5 Å². The maximum absolute atomic E-state index is 5.58. The van der Waals surface area contributed by atoms with Crippen LogP contribution in [0, 0.1) is 0 Å². The van der Waals surface area contributed by atoms with Crippen molar-refractivity contribution in [1.82, 2.24) is 0 Å². The van der Waals surface area contributed by atoms with Gasteiger partial charge in [0.25, 0.3) is 0 Å². The second-order valence-electron chi connectivity index (χ2n) is 5.30. The number of benzene rings is 1. The average Bonchev–Trinajstić information content (AvgIpc) is 2.56. The summed E-state index contributed by atoms with van der Waals surface area (Å²) in [6.07, 6.45) is 12.3. The number of allylic oxidation sites excluding steroid dienone is 2. The van der Waals surface area contributed by atoms with Gasteiger partial charge < -0.3 is 9.47 Å². The van der Waals surface area contributed by atoms with Crippen LogP contribution in [0.25, 0.3) is 10.7 Å². The molecule has 1 aliphatic carbocycles. The Morgan fingerprint density at radius 1 is 1.00 bits per heavy atom. The van der Waals surface area contributed by atoms with Crippen LogP contribution in [0.2, 0.25) is 0 Å². The smallest absolute Gasteiger partial charge is 0.127 e. The van der Waals surface area contributed by atoms with Gasteiger partial charge in [0.05, 0.1) is 14.2 Å². The summed E-state index contributed by atoms with van der Waals surface area (Å²) in [7, 11) is 2.62. The van der Waals surface area contributed by atoms with Gasteiger partial charge in [-0.1, -0.05) is 18.2 Å². The molecular formula is C16H22O2S. The van der Waals surface area contributed by atoms with Crippen LogP contribution in [0.4, 0.5) is 0 Å². The molecule has 104 valence electrons. The molecule has 0 aliphatic heterocycles. The van der Waals surface area contributed by atoms with E-state index in [9.17, 15) is 0 Å².